The minimum atomic E-state index is -0.103. The molecule has 4 rings (SSSR count). The highest BCUT2D eigenvalue weighted by molar-refractivity contribution is 5.94. The molecule has 0 radical (unpaired) electrons. The number of nitrogens with zero attached hydrogens (tertiary/aromatic N) is 3. The molecule has 2 aromatic heterocycles. The number of fused-ring (bicyclic) bond motifs is 1. The fourth-order valence-electron chi connectivity index (χ4n) is 3.33. The Hall–Kier alpha value is -2.93. The second-order valence-electron chi connectivity index (χ2n) is 6.57. The maximum absolute atomic E-state index is 11.6. The summed E-state index contributed by atoms with van der Waals surface area (Å²) in [7, 11) is 1.62. The molecule has 0 spiro atoms. The van der Waals surface area contributed by atoms with Gasteiger partial charge in [0.25, 0.3) is 5.91 Å². The second-order valence-corrected chi connectivity index (χ2v) is 6.57. The van der Waals surface area contributed by atoms with Crippen LogP contribution in [-0.2, 0) is 6.42 Å². The third-order valence-electron chi connectivity index (χ3n) is 4.73. The third kappa shape index (κ3) is 3.39. The van der Waals surface area contributed by atoms with Crippen molar-refractivity contribution in [2.75, 3.05) is 25.5 Å². The van der Waals surface area contributed by atoms with Crippen molar-refractivity contribution in [1.82, 2.24) is 25.2 Å². The predicted octanol–water partition coefficient (Wildman–Crippen LogP) is 1.98. The van der Waals surface area contributed by atoms with Crippen LogP contribution in [0.25, 0.3) is 5.65 Å². The summed E-state index contributed by atoms with van der Waals surface area (Å²) in [5, 5.41) is 13.9. The monoisotopic (exact) mass is 350 g/mol. The number of benzene rings is 1. The van der Waals surface area contributed by atoms with Crippen molar-refractivity contribution in [2.24, 2.45) is 5.92 Å². The maximum Gasteiger partial charge on any atom is 0.251 e. The number of carbonyl (C=O) groups excluding carboxylic acids is 1. The van der Waals surface area contributed by atoms with Gasteiger partial charge in [-0.05, 0) is 68.2 Å². The molecule has 26 heavy (non-hydrogen) atoms. The standard InChI is InChI=1S/C19H22N6O/c1-20-18(26)14-5-7-15(8-6-14)22-19-23-17-4-2-3-16(25(17)24-19)11-13-9-10-21-12-13/h2-8,13,21H,9-12H2,1H3,(H,20,26)(H,22,24). The van der Waals surface area contributed by atoms with Gasteiger partial charge in [0.2, 0.25) is 5.95 Å². The van der Waals surface area contributed by atoms with Gasteiger partial charge in [-0.1, -0.05) is 6.07 Å². The number of hydrogen-bond acceptors (Lipinski definition) is 5. The Balaban J connectivity index is 1.54. The zero-order chi connectivity index (χ0) is 17.9. The van der Waals surface area contributed by atoms with E-state index in [-0.39, 0.29) is 5.91 Å². The second kappa shape index (κ2) is 7.13. The summed E-state index contributed by atoms with van der Waals surface area (Å²) in [6.07, 6.45) is 2.20. The zero-order valence-corrected chi connectivity index (χ0v) is 14.7. The van der Waals surface area contributed by atoms with E-state index in [0.29, 0.717) is 17.4 Å². The summed E-state index contributed by atoms with van der Waals surface area (Å²) >= 11 is 0. The van der Waals surface area contributed by atoms with Crippen LogP contribution in [0.5, 0.6) is 0 Å². The van der Waals surface area contributed by atoms with Gasteiger partial charge in [0.1, 0.15) is 0 Å². The van der Waals surface area contributed by atoms with E-state index in [2.05, 4.69) is 32.1 Å². The molecule has 1 atom stereocenters. The first-order valence-corrected chi connectivity index (χ1v) is 8.87. The summed E-state index contributed by atoms with van der Waals surface area (Å²) in [4.78, 5) is 16.2. The molecule has 1 aliphatic heterocycles. The average Bonchev–Trinajstić information content (AvgIpc) is 3.31. The van der Waals surface area contributed by atoms with Gasteiger partial charge in [0.15, 0.2) is 5.65 Å². The minimum absolute atomic E-state index is 0.103. The molecule has 134 valence electrons. The summed E-state index contributed by atoms with van der Waals surface area (Å²) < 4.78 is 1.92. The van der Waals surface area contributed by atoms with Crippen LogP contribution in [-0.4, -0.2) is 40.6 Å². The fourth-order valence-corrected chi connectivity index (χ4v) is 3.33. The largest absolute Gasteiger partial charge is 0.355 e. The molecule has 1 fully saturated rings. The van der Waals surface area contributed by atoms with Crippen molar-refractivity contribution in [2.45, 2.75) is 12.8 Å². The molecule has 1 aliphatic rings. The molecule has 3 N–H and O–H groups in total. The van der Waals surface area contributed by atoms with Crippen LogP contribution in [0.3, 0.4) is 0 Å². The number of rotatable bonds is 5. The van der Waals surface area contributed by atoms with E-state index in [1.54, 1.807) is 19.2 Å². The fraction of sp³-hybridized carbons (Fsp3) is 0.316. The van der Waals surface area contributed by atoms with Crippen molar-refractivity contribution >= 4 is 23.2 Å². The lowest BCUT2D eigenvalue weighted by atomic mass is 10.0. The minimum Gasteiger partial charge on any atom is -0.355 e. The number of amides is 1. The molecule has 1 saturated heterocycles. The molecule has 3 heterocycles. The zero-order valence-electron chi connectivity index (χ0n) is 14.7. The van der Waals surface area contributed by atoms with E-state index in [1.807, 2.05) is 28.8 Å². The smallest absolute Gasteiger partial charge is 0.251 e. The molecular weight excluding hydrogens is 328 g/mol. The Labute approximate surface area is 151 Å². The molecule has 7 heteroatoms. The lowest BCUT2D eigenvalue weighted by Gasteiger charge is -2.09. The summed E-state index contributed by atoms with van der Waals surface area (Å²) in [6.45, 7) is 2.16. The van der Waals surface area contributed by atoms with E-state index in [9.17, 15) is 4.79 Å². The first-order chi connectivity index (χ1) is 12.7. The topological polar surface area (TPSA) is 83.3 Å². The van der Waals surface area contributed by atoms with Crippen LogP contribution in [0.1, 0.15) is 22.5 Å². The van der Waals surface area contributed by atoms with Crippen LogP contribution < -0.4 is 16.0 Å². The SMILES string of the molecule is CNC(=O)c1ccc(Nc2nc3cccc(CC4CCNC4)n3n2)cc1. The molecule has 1 amide bonds. The van der Waals surface area contributed by atoms with Crippen molar-refractivity contribution < 1.29 is 4.79 Å². The van der Waals surface area contributed by atoms with Gasteiger partial charge in [-0.25, -0.2) is 4.52 Å². The number of nitrogens with one attached hydrogen (secondary N) is 3. The van der Waals surface area contributed by atoms with Crippen molar-refractivity contribution in [3.05, 3.63) is 53.7 Å². The van der Waals surface area contributed by atoms with Crippen molar-refractivity contribution in [3.8, 4) is 0 Å². The predicted molar refractivity (Wildman–Crippen MR) is 101 cm³/mol. The highest BCUT2D eigenvalue weighted by Crippen LogP contribution is 2.19. The molecule has 0 bridgehead atoms. The quantitative estimate of drug-likeness (QED) is 0.655. The van der Waals surface area contributed by atoms with Gasteiger partial charge in [0.05, 0.1) is 0 Å². The number of anilines is 2. The van der Waals surface area contributed by atoms with E-state index >= 15 is 0 Å². The molecule has 1 unspecified atom stereocenters. The Morgan fingerprint density at radius 1 is 1.27 bits per heavy atom. The molecule has 7 nitrogen and oxygen atoms in total. The number of aromatic nitrogens is 3. The summed E-state index contributed by atoms with van der Waals surface area (Å²) in [5.41, 5.74) is 3.47. The van der Waals surface area contributed by atoms with E-state index in [0.717, 1.165) is 30.8 Å². The highest BCUT2D eigenvalue weighted by Gasteiger charge is 2.17. The molecule has 0 aliphatic carbocycles. The summed E-state index contributed by atoms with van der Waals surface area (Å²) in [6, 6.07) is 13.3. The lowest BCUT2D eigenvalue weighted by molar-refractivity contribution is 0.0963. The first kappa shape index (κ1) is 16.5. The normalized spacial score (nSPS) is 16.7. The Morgan fingerprint density at radius 2 is 2.12 bits per heavy atom. The van der Waals surface area contributed by atoms with Gasteiger partial charge in [0, 0.05) is 24.0 Å². The van der Waals surface area contributed by atoms with Crippen LogP contribution >= 0.6 is 0 Å². The third-order valence-corrected chi connectivity index (χ3v) is 4.73. The highest BCUT2D eigenvalue weighted by atomic mass is 16.1. The molecular formula is C19H22N6O. The van der Waals surface area contributed by atoms with Crippen molar-refractivity contribution in [3.63, 3.8) is 0 Å². The van der Waals surface area contributed by atoms with Crippen molar-refractivity contribution in [1.29, 1.82) is 0 Å². The van der Waals surface area contributed by atoms with E-state index < -0.39 is 0 Å². The number of carbonyl (C=O) groups is 1. The van der Waals surface area contributed by atoms with E-state index in [4.69, 9.17) is 0 Å². The number of hydrogen-bond donors (Lipinski definition) is 3. The van der Waals surface area contributed by atoms with Crippen LogP contribution in [0.4, 0.5) is 11.6 Å². The van der Waals surface area contributed by atoms with Gasteiger partial charge in [-0.15, -0.1) is 5.10 Å². The lowest BCUT2D eigenvalue weighted by Crippen LogP contribution is -2.17. The maximum atomic E-state index is 11.6. The van der Waals surface area contributed by atoms with Crippen LogP contribution in [0.15, 0.2) is 42.5 Å². The van der Waals surface area contributed by atoms with Crippen LogP contribution in [0, 0.1) is 5.92 Å². The number of pyridine rings is 1. The first-order valence-electron chi connectivity index (χ1n) is 8.87. The van der Waals surface area contributed by atoms with Gasteiger partial charge >= 0.3 is 0 Å². The summed E-state index contributed by atoms with van der Waals surface area (Å²) in [5.74, 6) is 1.10. The molecule has 3 aromatic rings. The molecule has 0 saturated carbocycles. The molecule has 1 aromatic carbocycles. The van der Waals surface area contributed by atoms with Gasteiger partial charge < -0.3 is 16.0 Å². The Bertz CT molecular complexity index is 911. The van der Waals surface area contributed by atoms with Gasteiger partial charge in [-0.3, -0.25) is 4.79 Å². The van der Waals surface area contributed by atoms with Crippen LogP contribution in [0.2, 0.25) is 0 Å². The average molecular weight is 350 g/mol. The Kier molecular flexibility index (Phi) is 4.53. The van der Waals surface area contributed by atoms with E-state index in [1.165, 1.54) is 12.1 Å². The van der Waals surface area contributed by atoms with Gasteiger partial charge in [-0.2, -0.15) is 4.98 Å². The Morgan fingerprint density at radius 3 is 2.85 bits per heavy atom.